The maximum absolute atomic E-state index is 8.49. The molecule has 0 saturated carbocycles. The van der Waals surface area contributed by atoms with Crippen LogP contribution < -0.4 is 37.3 Å². The molecule has 4 aromatic rings. The van der Waals surface area contributed by atoms with Gasteiger partial charge in [-0.2, -0.15) is 0 Å². The maximum atomic E-state index is 8.49. The van der Waals surface area contributed by atoms with Crippen LogP contribution in [-0.2, 0) is 70.9 Å². The third-order valence-corrected chi connectivity index (χ3v) is 3.98. The number of hydrogen-bond donors (Lipinski definition) is 0. The Morgan fingerprint density at radius 2 is 0.585 bits per heavy atom. The van der Waals surface area contributed by atoms with E-state index in [1.165, 1.54) is 0 Å². The first-order chi connectivity index (χ1) is 17.5. The van der Waals surface area contributed by atoms with Gasteiger partial charge in [0.2, 0.25) is 0 Å². The zero-order valence-electron chi connectivity index (χ0n) is 21.3. The summed E-state index contributed by atoms with van der Waals surface area (Å²) in [5.41, 5.74) is 0. The first kappa shape index (κ1) is 42.4. The van der Waals surface area contributed by atoms with Crippen molar-refractivity contribution in [3.63, 3.8) is 0 Å². The van der Waals surface area contributed by atoms with E-state index >= 15 is 0 Å². The standard InChI is InChI=1S/2C6H10N8.2ClHO4.Cu.2H2O/c2*1-13-5(7-9-11-13)3-4-6-8-10-12-14(6)2;2*2-1(3,4)5;;;/h2*3-4H2,1-2H3;2*(H,2,3,4,5);;2*1H2/q;;;;+2;;/p-2. The van der Waals surface area contributed by atoms with Gasteiger partial charge in [0.1, 0.15) is 0 Å². The molecule has 0 aliphatic carbocycles. The average Bonchev–Trinajstić information content (AvgIpc) is 3.55. The van der Waals surface area contributed by atoms with Crippen molar-refractivity contribution in [1.82, 2.24) is 80.8 Å². The van der Waals surface area contributed by atoms with Crippen LogP contribution in [0.4, 0.5) is 0 Å². The van der Waals surface area contributed by atoms with Crippen molar-refractivity contribution in [3.05, 3.63) is 23.3 Å². The molecule has 0 saturated heterocycles. The predicted octanol–water partition coefficient (Wildman–Crippen LogP) is -14.1. The van der Waals surface area contributed by atoms with E-state index in [0.717, 1.165) is 49.0 Å². The minimum Gasteiger partial charge on any atom is -0.412 e. The molecule has 0 aromatic carbocycles. The van der Waals surface area contributed by atoms with E-state index in [2.05, 4.69) is 62.1 Å². The summed E-state index contributed by atoms with van der Waals surface area (Å²) in [6.45, 7) is 0. The Morgan fingerprint density at radius 1 is 0.439 bits per heavy atom. The van der Waals surface area contributed by atoms with Crippen molar-refractivity contribution in [2.45, 2.75) is 25.7 Å². The first-order valence-electron chi connectivity index (χ1n) is 9.63. The number of tetrazole rings is 4. The fraction of sp³-hybridized carbons (Fsp3) is 0.667. The number of halogens is 2. The summed E-state index contributed by atoms with van der Waals surface area (Å²) in [6, 6.07) is 0. The molecule has 0 bridgehead atoms. The molecule has 4 heterocycles. The maximum Gasteiger partial charge on any atom is 2.00 e. The second-order valence-electron chi connectivity index (χ2n) is 6.63. The van der Waals surface area contributed by atoms with E-state index in [4.69, 9.17) is 37.3 Å². The third kappa shape index (κ3) is 20.5. The number of aromatic nitrogens is 16. The van der Waals surface area contributed by atoms with Crippen molar-refractivity contribution < 1.29 is 85.8 Å². The Hall–Kier alpha value is -3.02. The SMILES string of the molecule is Cn1nnnc1CCc1nnnn1C.Cn1nnnc1CCc1nnnn1C.O.O.[Cu+2].[O-][Cl+3]([O-])([O-])[O-].[O-][Cl+3]([O-])([O-])[O-]. The Labute approximate surface area is 243 Å². The molecular weight excluding hydrogens is 663 g/mol. The zero-order chi connectivity index (χ0) is 28.9. The van der Waals surface area contributed by atoms with Gasteiger partial charge in [-0.25, -0.2) is 56.0 Å². The molecule has 4 rings (SSSR count). The third-order valence-electron chi connectivity index (χ3n) is 3.98. The molecule has 0 fully saturated rings. The van der Waals surface area contributed by atoms with Crippen molar-refractivity contribution in [2.24, 2.45) is 28.2 Å². The second-order valence-corrected chi connectivity index (χ2v) is 8.14. The van der Waals surface area contributed by atoms with E-state index in [1.54, 1.807) is 18.7 Å². The van der Waals surface area contributed by atoms with Crippen molar-refractivity contribution in [1.29, 1.82) is 0 Å². The second kappa shape index (κ2) is 20.0. The van der Waals surface area contributed by atoms with Crippen LogP contribution >= 0.6 is 0 Å². The van der Waals surface area contributed by atoms with Crippen LogP contribution in [0.25, 0.3) is 0 Å². The van der Waals surface area contributed by atoms with Crippen LogP contribution in [0.1, 0.15) is 23.3 Å². The summed E-state index contributed by atoms with van der Waals surface area (Å²) in [6.07, 6.45) is 2.94. The summed E-state index contributed by atoms with van der Waals surface area (Å²) in [5, 5.41) is 44.6. The molecule has 0 aliphatic heterocycles. The van der Waals surface area contributed by atoms with Gasteiger partial charge in [-0.15, -0.1) is 40.9 Å². The van der Waals surface area contributed by atoms with Gasteiger partial charge in [-0.3, -0.25) is 0 Å². The largest absolute Gasteiger partial charge is 2.00 e. The van der Waals surface area contributed by atoms with Gasteiger partial charge in [-0.05, 0) is 41.7 Å². The molecule has 26 nitrogen and oxygen atoms in total. The van der Waals surface area contributed by atoms with E-state index in [1.807, 2.05) is 28.2 Å². The van der Waals surface area contributed by atoms with Crippen molar-refractivity contribution in [3.8, 4) is 0 Å². The summed E-state index contributed by atoms with van der Waals surface area (Å²) in [7, 11) is -2.65. The van der Waals surface area contributed by atoms with Gasteiger partial charge >= 0.3 is 17.1 Å². The van der Waals surface area contributed by atoms with Crippen molar-refractivity contribution >= 4 is 0 Å². The minimum atomic E-state index is -4.94. The summed E-state index contributed by atoms with van der Waals surface area (Å²) in [4.78, 5) is 0. The molecule has 0 atom stereocenters. The number of rotatable bonds is 6. The quantitative estimate of drug-likeness (QED) is 0.170. The van der Waals surface area contributed by atoms with Crippen LogP contribution in [0.2, 0.25) is 0 Å². The Kier molecular flexibility index (Phi) is 20.7. The van der Waals surface area contributed by atoms with E-state index in [-0.39, 0.29) is 28.0 Å². The normalized spacial score (nSPS) is 10.2. The van der Waals surface area contributed by atoms with Crippen LogP contribution in [0.3, 0.4) is 0 Å². The molecule has 0 aliphatic rings. The minimum absolute atomic E-state index is 0. The monoisotopic (exact) mass is 685 g/mol. The van der Waals surface area contributed by atoms with Gasteiger partial charge in [0, 0.05) is 53.9 Å². The molecule has 0 spiro atoms. The summed E-state index contributed by atoms with van der Waals surface area (Å²) < 4.78 is 74.5. The van der Waals surface area contributed by atoms with Crippen LogP contribution in [0.5, 0.6) is 0 Å². The Morgan fingerprint density at radius 3 is 0.683 bits per heavy atom. The van der Waals surface area contributed by atoms with Gasteiger partial charge in [0.15, 0.2) is 23.3 Å². The van der Waals surface area contributed by atoms with Crippen molar-refractivity contribution in [2.75, 3.05) is 0 Å². The van der Waals surface area contributed by atoms with Gasteiger partial charge < -0.3 is 11.0 Å². The average molecular weight is 687 g/mol. The number of aryl methyl sites for hydroxylation is 8. The smallest absolute Gasteiger partial charge is 0.412 e. The Bertz CT molecular complexity index is 1030. The topological polar surface area (TPSA) is 422 Å². The molecule has 1 radical (unpaired) electrons. The molecule has 41 heavy (non-hydrogen) atoms. The van der Waals surface area contributed by atoms with Gasteiger partial charge in [-0.1, -0.05) is 0 Å². The molecule has 4 N–H and O–H groups in total. The van der Waals surface area contributed by atoms with Crippen LogP contribution in [0, 0.1) is 20.5 Å². The molecule has 0 amide bonds. The Balaban J connectivity index is -0.000000507. The molecule has 29 heteroatoms. The molecule has 4 aromatic heterocycles. The fourth-order valence-electron chi connectivity index (χ4n) is 2.29. The van der Waals surface area contributed by atoms with E-state index < -0.39 is 20.5 Å². The van der Waals surface area contributed by atoms with Crippen LogP contribution in [0.15, 0.2) is 0 Å². The summed E-state index contributed by atoms with van der Waals surface area (Å²) >= 11 is 0. The van der Waals surface area contributed by atoms with Crippen LogP contribution in [-0.4, -0.2) is 91.8 Å². The molecule has 237 valence electrons. The zero-order valence-corrected chi connectivity index (χ0v) is 23.8. The predicted molar refractivity (Wildman–Crippen MR) is 97.2 cm³/mol. The fourth-order valence-corrected chi connectivity index (χ4v) is 2.29. The van der Waals surface area contributed by atoms with Gasteiger partial charge in [0.05, 0.1) is 0 Å². The number of hydrogen-bond acceptors (Lipinski definition) is 20. The van der Waals surface area contributed by atoms with Gasteiger partial charge in [0.25, 0.3) is 0 Å². The van der Waals surface area contributed by atoms with E-state index in [9.17, 15) is 0 Å². The first-order valence-corrected chi connectivity index (χ1v) is 12.1. The summed E-state index contributed by atoms with van der Waals surface area (Å²) in [5.74, 6) is 3.31. The number of nitrogens with zero attached hydrogens (tertiary/aromatic N) is 16. The van der Waals surface area contributed by atoms with E-state index in [0.29, 0.717) is 0 Å². The molecular formula is C12H24Cl2CuN16O10. The molecule has 0 unspecified atom stereocenters.